The Morgan fingerprint density at radius 1 is 1.04 bits per heavy atom. The quantitative estimate of drug-likeness (QED) is 0.651. The van der Waals surface area contributed by atoms with Crippen molar-refractivity contribution in [3.63, 3.8) is 0 Å². The molecule has 3 aromatic rings. The van der Waals surface area contributed by atoms with Crippen LogP contribution in [0.3, 0.4) is 0 Å². The lowest BCUT2D eigenvalue weighted by Gasteiger charge is -2.18. The number of nitrogens with zero attached hydrogens (tertiary/aromatic N) is 2. The first kappa shape index (κ1) is 15.8. The number of para-hydroxylation sites is 1. The first-order valence-corrected chi connectivity index (χ1v) is 8.74. The molecule has 2 aromatic carbocycles. The molecule has 0 atom stereocenters. The van der Waals surface area contributed by atoms with Crippen molar-refractivity contribution in [2.75, 3.05) is 0 Å². The zero-order valence-corrected chi connectivity index (χ0v) is 14.9. The largest absolute Gasteiger partial charge is 0.325 e. The molecule has 1 aliphatic heterocycles. The Bertz CT molecular complexity index is 1030. The fourth-order valence-corrected chi connectivity index (χ4v) is 3.45. The van der Waals surface area contributed by atoms with Crippen molar-refractivity contribution in [3.8, 4) is 0 Å². The summed E-state index contributed by atoms with van der Waals surface area (Å²) in [4.78, 5) is 16.7. The highest BCUT2D eigenvalue weighted by Gasteiger charge is 2.20. The maximum Gasteiger partial charge on any atom is 0.281 e. The van der Waals surface area contributed by atoms with Gasteiger partial charge in [-0.1, -0.05) is 57.2 Å². The Hall–Kier alpha value is -2.68. The topological polar surface area (TPSA) is 34.9 Å². The summed E-state index contributed by atoms with van der Waals surface area (Å²) in [6.07, 6.45) is 3.06. The summed E-state index contributed by atoms with van der Waals surface area (Å²) in [5.41, 5.74) is 4.59. The summed E-state index contributed by atoms with van der Waals surface area (Å²) >= 11 is 0. The maximum atomic E-state index is 12.3. The molecular formula is C22H22N2O. The molecule has 4 rings (SSSR count). The van der Waals surface area contributed by atoms with Gasteiger partial charge in [-0.05, 0) is 46.7 Å². The first-order chi connectivity index (χ1) is 11.9. The van der Waals surface area contributed by atoms with Crippen LogP contribution in [0.4, 0.5) is 0 Å². The molecule has 0 saturated carbocycles. The van der Waals surface area contributed by atoms with E-state index in [2.05, 4.69) is 60.7 Å². The summed E-state index contributed by atoms with van der Waals surface area (Å²) in [5.74, 6) is 0.809. The van der Waals surface area contributed by atoms with Crippen molar-refractivity contribution >= 4 is 22.6 Å². The Balaban J connectivity index is 1.78. The number of rotatable bonds is 1. The first-order valence-electron chi connectivity index (χ1n) is 8.74. The van der Waals surface area contributed by atoms with Crippen LogP contribution < -0.4 is 5.56 Å². The van der Waals surface area contributed by atoms with Gasteiger partial charge in [0.1, 0.15) is 5.82 Å². The van der Waals surface area contributed by atoms with Gasteiger partial charge in [0, 0.05) is 6.54 Å². The average molecular weight is 330 g/mol. The van der Waals surface area contributed by atoms with Gasteiger partial charge in [-0.25, -0.2) is 0 Å². The molecule has 3 heteroatoms. The molecule has 0 fully saturated rings. The highest BCUT2D eigenvalue weighted by atomic mass is 16.1. The SMILES string of the molecule is CC(C)(C)c1ccc(/C=C2\CCn3c2nc(=O)c2ccccc23)cc1. The standard InChI is InChI=1S/C22H22N2O/c1-22(2,3)17-10-8-15(9-11-17)14-16-12-13-24-19-7-5-4-6-18(19)21(25)23-20(16)24/h4-11,14H,12-13H2,1-3H3/b16-14+. The highest BCUT2D eigenvalue weighted by Crippen LogP contribution is 2.30. The van der Waals surface area contributed by atoms with Crippen molar-refractivity contribution in [1.82, 2.24) is 9.55 Å². The predicted octanol–water partition coefficient (Wildman–Crippen LogP) is 4.64. The lowest BCUT2D eigenvalue weighted by Crippen LogP contribution is -2.14. The van der Waals surface area contributed by atoms with Gasteiger partial charge >= 0.3 is 0 Å². The molecule has 126 valence electrons. The summed E-state index contributed by atoms with van der Waals surface area (Å²) in [7, 11) is 0. The highest BCUT2D eigenvalue weighted by molar-refractivity contribution is 5.85. The lowest BCUT2D eigenvalue weighted by molar-refractivity contribution is 0.590. The molecule has 0 bridgehead atoms. The number of aromatic nitrogens is 2. The van der Waals surface area contributed by atoms with Crippen molar-refractivity contribution in [3.05, 3.63) is 75.8 Å². The number of benzene rings is 2. The summed E-state index contributed by atoms with van der Waals surface area (Å²) < 4.78 is 2.16. The molecule has 0 radical (unpaired) electrons. The van der Waals surface area contributed by atoms with Crippen LogP contribution in [-0.4, -0.2) is 9.55 Å². The average Bonchev–Trinajstić information content (AvgIpc) is 2.98. The number of hydrogen-bond acceptors (Lipinski definition) is 2. The minimum atomic E-state index is -0.141. The Labute approximate surface area is 147 Å². The van der Waals surface area contributed by atoms with E-state index in [0.29, 0.717) is 5.39 Å². The van der Waals surface area contributed by atoms with Crippen LogP contribution in [0.5, 0.6) is 0 Å². The van der Waals surface area contributed by atoms with Gasteiger partial charge in [0.25, 0.3) is 5.56 Å². The van der Waals surface area contributed by atoms with Crippen LogP contribution in [0.25, 0.3) is 22.6 Å². The molecule has 0 saturated heterocycles. The van der Waals surface area contributed by atoms with Crippen LogP contribution in [0.1, 0.15) is 44.1 Å². The molecule has 0 N–H and O–H groups in total. The van der Waals surface area contributed by atoms with E-state index >= 15 is 0 Å². The summed E-state index contributed by atoms with van der Waals surface area (Å²) in [6, 6.07) is 16.4. The minimum Gasteiger partial charge on any atom is -0.325 e. The Morgan fingerprint density at radius 3 is 2.48 bits per heavy atom. The Kier molecular flexibility index (Phi) is 3.60. The van der Waals surface area contributed by atoms with Crippen LogP contribution in [0, 0.1) is 0 Å². The fourth-order valence-electron chi connectivity index (χ4n) is 3.45. The van der Waals surface area contributed by atoms with E-state index in [-0.39, 0.29) is 11.0 Å². The van der Waals surface area contributed by atoms with Gasteiger partial charge in [-0.3, -0.25) is 4.79 Å². The predicted molar refractivity (Wildman–Crippen MR) is 104 cm³/mol. The minimum absolute atomic E-state index is 0.141. The van der Waals surface area contributed by atoms with Crippen molar-refractivity contribution < 1.29 is 0 Å². The number of allylic oxidation sites excluding steroid dienone is 1. The van der Waals surface area contributed by atoms with E-state index in [4.69, 9.17) is 0 Å². The third kappa shape index (κ3) is 2.80. The van der Waals surface area contributed by atoms with Gasteiger partial charge < -0.3 is 4.57 Å². The second-order valence-electron chi connectivity index (χ2n) is 7.70. The van der Waals surface area contributed by atoms with Gasteiger partial charge in [-0.15, -0.1) is 0 Å². The van der Waals surface area contributed by atoms with Gasteiger partial charge in [0.05, 0.1) is 10.9 Å². The molecule has 0 unspecified atom stereocenters. The van der Waals surface area contributed by atoms with E-state index in [0.717, 1.165) is 35.4 Å². The van der Waals surface area contributed by atoms with Gasteiger partial charge in [0.2, 0.25) is 0 Å². The molecule has 3 nitrogen and oxygen atoms in total. The molecule has 25 heavy (non-hydrogen) atoms. The summed E-state index contributed by atoms with van der Waals surface area (Å²) in [5, 5.41) is 0.696. The molecule has 2 heterocycles. The molecule has 1 aromatic heterocycles. The smallest absolute Gasteiger partial charge is 0.281 e. The van der Waals surface area contributed by atoms with Crippen molar-refractivity contribution in [2.24, 2.45) is 0 Å². The van der Waals surface area contributed by atoms with E-state index in [1.165, 1.54) is 5.56 Å². The monoisotopic (exact) mass is 330 g/mol. The molecular weight excluding hydrogens is 308 g/mol. The van der Waals surface area contributed by atoms with Crippen molar-refractivity contribution in [2.45, 2.75) is 39.2 Å². The molecule has 1 aliphatic rings. The van der Waals surface area contributed by atoms with E-state index in [1.807, 2.05) is 24.3 Å². The van der Waals surface area contributed by atoms with Gasteiger partial charge in [-0.2, -0.15) is 4.98 Å². The van der Waals surface area contributed by atoms with E-state index in [1.54, 1.807) is 0 Å². The second-order valence-corrected chi connectivity index (χ2v) is 7.70. The number of fused-ring (bicyclic) bond motifs is 3. The third-order valence-electron chi connectivity index (χ3n) is 4.90. The zero-order valence-electron chi connectivity index (χ0n) is 14.9. The van der Waals surface area contributed by atoms with Crippen LogP contribution in [0.2, 0.25) is 0 Å². The second kappa shape index (κ2) is 5.69. The van der Waals surface area contributed by atoms with Crippen LogP contribution >= 0.6 is 0 Å². The number of hydrogen-bond donors (Lipinski definition) is 0. The molecule has 0 amide bonds. The fraction of sp³-hybridized carbons (Fsp3) is 0.273. The molecule has 0 spiro atoms. The zero-order chi connectivity index (χ0) is 17.6. The molecule has 0 aliphatic carbocycles. The maximum absolute atomic E-state index is 12.3. The van der Waals surface area contributed by atoms with E-state index < -0.39 is 0 Å². The third-order valence-corrected chi connectivity index (χ3v) is 4.90. The Morgan fingerprint density at radius 2 is 1.76 bits per heavy atom. The van der Waals surface area contributed by atoms with Crippen LogP contribution in [0.15, 0.2) is 53.3 Å². The normalized spacial score (nSPS) is 15.7. The summed E-state index contributed by atoms with van der Waals surface area (Å²) in [6.45, 7) is 7.52. The van der Waals surface area contributed by atoms with Crippen molar-refractivity contribution in [1.29, 1.82) is 0 Å². The van der Waals surface area contributed by atoms with Gasteiger partial charge in [0.15, 0.2) is 0 Å². The number of aryl methyl sites for hydroxylation is 1. The van der Waals surface area contributed by atoms with Crippen LogP contribution in [-0.2, 0) is 12.0 Å². The van der Waals surface area contributed by atoms with E-state index in [9.17, 15) is 4.79 Å². The lowest BCUT2D eigenvalue weighted by atomic mass is 9.86.